The van der Waals surface area contributed by atoms with Crippen LogP contribution in [0.25, 0.3) is 0 Å². The normalized spacial score (nSPS) is 17.6. The second-order valence-corrected chi connectivity index (χ2v) is 5.58. The number of methoxy groups -OCH3 is 1. The van der Waals surface area contributed by atoms with Gasteiger partial charge in [-0.2, -0.15) is 0 Å². The van der Waals surface area contributed by atoms with Crippen molar-refractivity contribution in [1.29, 1.82) is 0 Å². The molecular weight excluding hydrogens is 300 g/mol. The van der Waals surface area contributed by atoms with Crippen LogP contribution in [0.3, 0.4) is 0 Å². The third-order valence-electron chi connectivity index (χ3n) is 4.11. The molecule has 23 heavy (non-hydrogen) atoms. The van der Waals surface area contributed by atoms with Gasteiger partial charge in [0.1, 0.15) is 0 Å². The first-order chi connectivity index (χ1) is 11.0. The number of likely N-dealkylation sites (tertiary alicyclic amines) is 1. The zero-order chi connectivity index (χ0) is 16.8. The summed E-state index contributed by atoms with van der Waals surface area (Å²) in [7, 11) is 1.32. The topological polar surface area (TPSA) is 89.8 Å². The minimum absolute atomic E-state index is 0.0329. The monoisotopic (exact) mass is 320 g/mol. The Hall–Kier alpha value is -2.44. The summed E-state index contributed by atoms with van der Waals surface area (Å²) in [5.41, 5.74) is 0.340. The average Bonchev–Trinajstić information content (AvgIpc) is 2.55. The Labute approximate surface area is 134 Å². The maximum Gasteiger partial charge on any atom is 0.307 e. The molecule has 1 unspecified atom stereocenters. The lowest BCUT2D eigenvalue weighted by Gasteiger charge is -2.35. The molecule has 1 amide bonds. The van der Waals surface area contributed by atoms with Crippen LogP contribution in [0, 0.1) is 10.1 Å². The SMILES string of the molecule is COC(=O)CC1CCCCN1C(=O)Cc1ccccc1[N+](=O)[O-]. The van der Waals surface area contributed by atoms with Crippen molar-refractivity contribution in [1.82, 2.24) is 4.90 Å². The number of nitro groups is 1. The van der Waals surface area contributed by atoms with E-state index < -0.39 is 4.92 Å². The van der Waals surface area contributed by atoms with Crippen molar-refractivity contribution in [3.63, 3.8) is 0 Å². The summed E-state index contributed by atoms with van der Waals surface area (Å²) in [6.07, 6.45) is 2.71. The predicted molar refractivity (Wildman–Crippen MR) is 82.8 cm³/mol. The molecule has 1 aliphatic rings. The van der Waals surface area contributed by atoms with Crippen molar-refractivity contribution >= 4 is 17.6 Å². The molecule has 1 fully saturated rings. The number of nitrogens with zero attached hydrogens (tertiary/aromatic N) is 2. The number of para-hydroxylation sites is 1. The molecule has 0 aromatic heterocycles. The highest BCUT2D eigenvalue weighted by Gasteiger charge is 2.29. The number of hydrogen-bond donors (Lipinski definition) is 0. The highest BCUT2D eigenvalue weighted by atomic mass is 16.6. The van der Waals surface area contributed by atoms with Gasteiger partial charge in [0, 0.05) is 24.2 Å². The van der Waals surface area contributed by atoms with Gasteiger partial charge in [-0.3, -0.25) is 19.7 Å². The van der Waals surface area contributed by atoms with E-state index in [0.29, 0.717) is 12.1 Å². The van der Waals surface area contributed by atoms with Gasteiger partial charge in [-0.05, 0) is 19.3 Å². The fourth-order valence-corrected chi connectivity index (χ4v) is 2.92. The van der Waals surface area contributed by atoms with Gasteiger partial charge in [-0.1, -0.05) is 18.2 Å². The quantitative estimate of drug-likeness (QED) is 0.471. The van der Waals surface area contributed by atoms with E-state index in [9.17, 15) is 19.7 Å². The number of nitro benzene ring substituents is 1. The Balaban J connectivity index is 2.12. The molecule has 1 aromatic carbocycles. The number of benzene rings is 1. The van der Waals surface area contributed by atoms with Crippen LogP contribution < -0.4 is 0 Å². The molecule has 2 rings (SSSR count). The van der Waals surface area contributed by atoms with Crippen molar-refractivity contribution in [2.45, 2.75) is 38.1 Å². The number of rotatable bonds is 5. The summed E-state index contributed by atoms with van der Waals surface area (Å²) < 4.78 is 4.68. The fraction of sp³-hybridized carbons (Fsp3) is 0.500. The molecule has 0 saturated carbocycles. The van der Waals surface area contributed by atoms with Gasteiger partial charge >= 0.3 is 5.97 Å². The van der Waals surface area contributed by atoms with Gasteiger partial charge in [0.25, 0.3) is 5.69 Å². The maximum absolute atomic E-state index is 12.6. The molecule has 124 valence electrons. The van der Waals surface area contributed by atoms with Crippen LogP contribution in [0.5, 0.6) is 0 Å². The third-order valence-corrected chi connectivity index (χ3v) is 4.11. The molecule has 0 bridgehead atoms. The van der Waals surface area contributed by atoms with Crippen LogP contribution in [0.1, 0.15) is 31.2 Å². The lowest BCUT2D eigenvalue weighted by Crippen LogP contribution is -2.45. The number of carbonyl (C=O) groups excluding carboxylic acids is 2. The van der Waals surface area contributed by atoms with Crippen molar-refractivity contribution in [3.8, 4) is 0 Å². The van der Waals surface area contributed by atoms with Crippen LogP contribution in [0.15, 0.2) is 24.3 Å². The molecule has 0 radical (unpaired) electrons. The van der Waals surface area contributed by atoms with Crippen molar-refractivity contribution in [2.24, 2.45) is 0 Å². The van der Waals surface area contributed by atoms with E-state index in [0.717, 1.165) is 19.3 Å². The van der Waals surface area contributed by atoms with E-state index in [2.05, 4.69) is 4.74 Å². The zero-order valence-corrected chi connectivity index (χ0v) is 13.1. The summed E-state index contributed by atoms with van der Waals surface area (Å²) in [6.45, 7) is 0.571. The van der Waals surface area contributed by atoms with E-state index >= 15 is 0 Å². The first-order valence-corrected chi connectivity index (χ1v) is 7.61. The Bertz CT molecular complexity index is 602. The predicted octanol–water partition coefficient (Wildman–Crippen LogP) is 2.08. The largest absolute Gasteiger partial charge is 0.469 e. The first kappa shape index (κ1) is 16.9. The van der Waals surface area contributed by atoms with E-state index in [1.165, 1.54) is 13.2 Å². The summed E-state index contributed by atoms with van der Waals surface area (Å²) in [4.78, 5) is 36.3. The number of ether oxygens (including phenoxy) is 1. The molecular formula is C16H20N2O5. The van der Waals surface area contributed by atoms with Crippen LogP contribution in [-0.2, 0) is 20.7 Å². The number of esters is 1. The fourth-order valence-electron chi connectivity index (χ4n) is 2.92. The second-order valence-electron chi connectivity index (χ2n) is 5.58. The summed E-state index contributed by atoms with van der Waals surface area (Å²) in [6, 6.07) is 6.05. The number of amides is 1. The summed E-state index contributed by atoms with van der Waals surface area (Å²) in [5, 5.41) is 11.0. The highest BCUT2D eigenvalue weighted by Crippen LogP contribution is 2.23. The van der Waals surface area contributed by atoms with E-state index in [-0.39, 0.29) is 36.4 Å². The lowest BCUT2D eigenvalue weighted by molar-refractivity contribution is -0.385. The average molecular weight is 320 g/mol. The van der Waals surface area contributed by atoms with Gasteiger partial charge in [0.05, 0.1) is 24.9 Å². The summed E-state index contributed by atoms with van der Waals surface area (Å²) in [5.74, 6) is -0.534. The van der Waals surface area contributed by atoms with Crippen molar-refractivity contribution in [3.05, 3.63) is 39.9 Å². The number of hydrogen-bond acceptors (Lipinski definition) is 5. The lowest BCUT2D eigenvalue weighted by atomic mass is 9.98. The van der Waals surface area contributed by atoms with Crippen LogP contribution in [0.2, 0.25) is 0 Å². The second kappa shape index (κ2) is 7.71. The van der Waals surface area contributed by atoms with Crippen LogP contribution in [0.4, 0.5) is 5.69 Å². The van der Waals surface area contributed by atoms with E-state index in [1.807, 2.05) is 0 Å². The Kier molecular flexibility index (Phi) is 5.67. The smallest absolute Gasteiger partial charge is 0.307 e. The molecule has 0 aliphatic carbocycles. The molecule has 7 nitrogen and oxygen atoms in total. The van der Waals surface area contributed by atoms with E-state index in [4.69, 9.17) is 0 Å². The maximum atomic E-state index is 12.6. The zero-order valence-electron chi connectivity index (χ0n) is 13.1. The number of carbonyl (C=O) groups is 2. The van der Waals surface area contributed by atoms with Gasteiger partial charge < -0.3 is 9.64 Å². The number of piperidine rings is 1. The molecule has 0 spiro atoms. The molecule has 1 heterocycles. The minimum atomic E-state index is -0.481. The van der Waals surface area contributed by atoms with Gasteiger partial charge in [0.2, 0.25) is 5.91 Å². The Morgan fingerprint density at radius 1 is 1.35 bits per heavy atom. The molecule has 1 saturated heterocycles. The van der Waals surface area contributed by atoms with Crippen LogP contribution >= 0.6 is 0 Å². The van der Waals surface area contributed by atoms with Gasteiger partial charge in [-0.25, -0.2) is 0 Å². The first-order valence-electron chi connectivity index (χ1n) is 7.61. The third kappa shape index (κ3) is 4.28. The van der Waals surface area contributed by atoms with Gasteiger partial charge in [-0.15, -0.1) is 0 Å². The van der Waals surface area contributed by atoms with Crippen LogP contribution in [-0.4, -0.2) is 41.4 Å². The molecule has 7 heteroatoms. The standard InChI is InChI=1S/C16H20N2O5/c1-23-16(20)11-13-7-4-5-9-17(13)15(19)10-12-6-2-3-8-14(12)18(21)22/h2-3,6,8,13H,4-5,7,9-11H2,1H3. The molecule has 1 aromatic rings. The molecule has 1 atom stereocenters. The van der Waals surface area contributed by atoms with E-state index in [1.54, 1.807) is 23.1 Å². The van der Waals surface area contributed by atoms with Crippen molar-refractivity contribution in [2.75, 3.05) is 13.7 Å². The Morgan fingerprint density at radius 2 is 2.09 bits per heavy atom. The minimum Gasteiger partial charge on any atom is -0.469 e. The Morgan fingerprint density at radius 3 is 2.78 bits per heavy atom. The molecule has 1 aliphatic heterocycles. The summed E-state index contributed by atoms with van der Waals surface area (Å²) >= 11 is 0. The van der Waals surface area contributed by atoms with Crippen molar-refractivity contribution < 1.29 is 19.2 Å². The molecule has 0 N–H and O–H groups in total. The van der Waals surface area contributed by atoms with Gasteiger partial charge in [0.15, 0.2) is 0 Å². The highest BCUT2D eigenvalue weighted by molar-refractivity contribution is 5.81.